The van der Waals surface area contributed by atoms with Crippen LogP contribution in [0.3, 0.4) is 0 Å². The maximum atomic E-state index is 13.2. The van der Waals surface area contributed by atoms with Gasteiger partial charge in [0.05, 0.1) is 0 Å². The Kier molecular flexibility index (Phi) is 4.69. The van der Waals surface area contributed by atoms with Crippen LogP contribution in [0.15, 0.2) is 54.6 Å². The Morgan fingerprint density at radius 1 is 1.05 bits per heavy atom. The lowest BCUT2D eigenvalue weighted by Crippen LogP contribution is -2.32. The second kappa shape index (κ2) is 6.48. The minimum absolute atomic E-state index is 0.167. The fourth-order valence-corrected chi connectivity index (χ4v) is 2.44. The molecule has 2 heteroatoms. The summed E-state index contributed by atoms with van der Waals surface area (Å²) in [6, 6.07) is 17.6. The highest BCUT2D eigenvalue weighted by molar-refractivity contribution is 5.23. The Labute approximate surface area is 114 Å². The topological polar surface area (TPSA) is 12.0 Å². The van der Waals surface area contributed by atoms with Crippen molar-refractivity contribution >= 4 is 0 Å². The molecule has 2 aromatic rings. The molecule has 2 unspecified atom stereocenters. The van der Waals surface area contributed by atoms with Crippen molar-refractivity contribution in [2.24, 2.45) is 0 Å². The first-order valence-electron chi connectivity index (χ1n) is 6.67. The van der Waals surface area contributed by atoms with E-state index in [9.17, 15) is 4.39 Å². The van der Waals surface area contributed by atoms with E-state index < -0.39 is 0 Å². The molecule has 0 saturated carbocycles. The molecule has 2 atom stereocenters. The van der Waals surface area contributed by atoms with Gasteiger partial charge in [-0.15, -0.1) is 0 Å². The highest BCUT2D eigenvalue weighted by atomic mass is 19.1. The van der Waals surface area contributed by atoms with Crippen LogP contribution in [0.1, 0.15) is 24.0 Å². The maximum Gasteiger partial charge on any atom is 0.123 e. The van der Waals surface area contributed by atoms with Gasteiger partial charge >= 0.3 is 0 Å². The van der Waals surface area contributed by atoms with Crippen molar-refractivity contribution in [3.05, 3.63) is 71.5 Å². The molecule has 0 amide bonds. The highest BCUT2D eigenvalue weighted by Crippen LogP contribution is 2.21. The highest BCUT2D eigenvalue weighted by Gasteiger charge is 2.17. The van der Waals surface area contributed by atoms with E-state index >= 15 is 0 Å². The van der Waals surface area contributed by atoms with Crippen molar-refractivity contribution in [1.29, 1.82) is 0 Å². The molecule has 0 fully saturated rings. The molecule has 0 radical (unpaired) electrons. The number of hydrogen-bond donors (Lipinski definition) is 1. The first kappa shape index (κ1) is 13.8. The lowest BCUT2D eigenvalue weighted by atomic mass is 9.89. The molecule has 0 aromatic heterocycles. The number of hydrogen-bond acceptors (Lipinski definition) is 1. The smallest absolute Gasteiger partial charge is 0.123 e. The summed E-state index contributed by atoms with van der Waals surface area (Å²) in [5, 5.41) is 3.35. The minimum Gasteiger partial charge on any atom is -0.316 e. The van der Waals surface area contributed by atoms with Gasteiger partial charge in [-0.25, -0.2) is 4.39 Å². The van der Waals surface area contributed by atoms with Crippen LogP contribution in [-0.4, -0.2) is 13.1 Å². The molecule has 1 N–H and O–H groups in total. The molecule has 2 rings (SSSR count). The van der Waals surface area contributed by atoms with Crippen LogP contribution >= 0.6 is 0 Å². The van der Waals surface area contributed by atoms with Crippen molar-refractivity contribution in [2.45, 2.75) is 25.3 Å². The van der Waals surface area contributed by atoms with E-state index in [-0.39, 0.29) is 5.82 Å². The van der Waals surface area contributed by atoms with Crippen molar-refractivity contribution in [1.82, 2.24) is 5.32 Å². The van der Waals surface area contributed by atoms with Crippen molar-refractivity contribution < 1.29 is 4.39 Å². The molecule has 19 heavy (non-hydrogen) atoms. The quantitative estimate of drug-likeness (QED) is 0.860. The number of likely N-dealkylation sites (N-methyl/N-ethyl adjacent to an activating group) is 1. The average Bonchev–Trinajstić information content (AvgIpc) is 2.45. The predicted molar refractivity (Wildman–Crippen MR) is 77.8 cm³/mol. The number of rotatable bonds is 5. The van der Waals surface area contributed by atoms with E-state index in [2.05, 4.69) is 36.5 Å². The van der Waals surface area contributed by atoms with E-state index in [1.807, 2.05) is 19.2 Å². The summed E-state index contributed by atoms with van der Waals surface area (Å²) < 4.78 is 13.2. The summed E-state index contributed by atoms with van der Waals surface area (Å²) >= 11 is 0. The third-order valence-corrected chi connectivity index (χ3v) is 3.64. The largest absolute Gasteiger partial charge is 0.316 e. The van der Waals surface area contributed by atoms with Crippen LogP contribution in [0, 0.1) is 5.82 Å². The molecule has 0 bridgehead atoms. The zero-order valence-corrected chi connectivity index (χ0v) is 11.4. The molecule has 0 aliphatic rings. The summed E-state index contributed by atoms with van der Waals surface area (Å²) in [5.74, 6) is 0.217. The van der Waals surface area contributed by atoms with Crippen LogP contribution in [0.2, 0.25) is 0 Å². The van der Waals surface area contributed by atoms with Gasteiger partial charge in [0, 0.05) is 6.04 Å². The molecule has 0 saturated heterocycles. The normalized spacial score (nSPS) is 14.1. The van der Waals surface area contributed by atoms with Gasteiger partial charge in [0.25, 0.3) is 0 Å². The Bertz CT molecular complexity index is 510. The summed E-state index contributed by atoms with van der Waals surface area (Å²) in [4.78, 5) is 0. The van der Waals surface area contributed by atoms with Crippen LogP contribution in [0.25, 0.3) is 0 Å². The summed E-state index contributed by atoms with van der Waals surface area (Å²) in [6.45, 7) is 2.20. The van der Waals surface area contributed by atoms with Crippen LogP contribution in [0.5, 0.6) is 0 Å². The van der Waals surface area contributed by atoms with E-state index in [1.165, 1.54) is 11.6 Å². The second-order valence-electron chi connectivity index (χ2n) is 4.93. The molecule has 0 heterocycles. The van der Waals surface area contributed by atoms with Crippen LogP contribution in [-0.2, 0) is 6.42 Å². The predicted octanol–water partition coefficient (Wildman–Crippen LogP) is 3.76. The zero-order chi connectivity index (χ0) is 13.7. The van der Waals surface area contributed by atoms with Crippen molar-refractivity contribution in [2.75, 3.05) is 7.05 Å². The number of nitrogens with one attached hydrogen (secondary N) is 1. The average molecular weight is 257 g/mol. The fraction of sp³-hybridized carbons (Fsp3) is 0.294. The van der Waals surface area contributed by atoms with Crippen LogP contribution < -0.4 is 5.32 Å². The number of halogens is 1. The number of benzene rings is 2. The van der Waals surface area contributed by atoms with Crippen LogP contribution in [0.4, 0.5) is 4.39 Å². The Balaban J connectivity index is 2.12. The van der Waals surface area contributed by atoms with E-state index in [0.717, 1.165) is 12.0 Å². The summed E-state index contributed by atoms with van der Waals surface area (Å²) in [6.07, 6.45) is 0.824. The van der Waals surface area contributed by atoms with Crippen molar-refractivity contribution in [3.63, 3.8) is 0 Å². The molecule has 0 aliphatic heterocycles. The SMILES string of the molecule is CNC(Cc1cccc(F)c1)C(C)c1ccccc1. The second-order valence-corrected chi connectivity index (χ2v) is 4.93. The van der Waals surface area contributed by atoms with Gasteiger partial charge in [-0.1, -0.05) is 49.4 Å². The van der Waals surface area contributed by atoms with Gasteiger partial charge in [-0.2, -0.15) is 0 Å². The van der Waals surface area contributed by atoms with Gasteiger partial charge in [0.15, 0.2) is 0 Å². The zero-order valence-electron chi connectivity index (χ0n) is 11.4. The minimum atomic E-state index is -0.167. The molecule has 0 aliphatic carbocycles. The molecule has 100 valence electrons. The van der Waals surface area contributed by atoms with Gasteiger partial charge in [0.1, 0.15) is 5.82 Å². The third-order valence-electron chi connectivity index (χ3n) is 3.64. The molecular weight excluding hydrogens is 237 g/mol. The molecule has 1 nitrogen and oxygen atoms in total. The summed E-state index contributed by atoms with van der Waals surface area (Å²) in [5.41, 5.74) is 2.33. The summed E-state index contributed by atoms with van der Waals surface area (Å²) in [7, 11) is 1.96. The lowest BCUT2D eigenvalue weighted by Gasteiger charge is -2.24. The standard InChI is InChI=1S/C17H20FN/c1-13(15-8-4-3-5-9-15)17(19-2)12-14-7-6-10-16(18)11-14/h3-11,13,17,19H,12H2,1-2H3. The first-order chi connectivity index (χ1) is 9.20. The van der Waals surface area contributed by atoms with Gasteiger partial charge in [-0.3, -0.25) is 0 Å². The van der Waals surface area contributed by atoms with Gasteiger partial charge in [-0.05, 0) is 42.6 Å². The van der Waals surface area contributed by atoms with E-state index in [1.54, 1.807) is 12.1 Å². The Morgan fingerprint density at radius 2 is 1.79 bits per heavy atom. The fourth-order valence-electron chi connectivity index (χ4n) is 2.44. The van der Waals surface area contributed by atoms with Gasteiger partial charge in [0.2, 0.25) is 0 Å². The Hall–Kier alpha value is -1.67. The molecule has 2 aromatic carbocycles. The van der Waals surface area contributed by atoms with E-state index in [4.69, 9.17) is 0 Å². The maximum absolute atomic E-state index is 13.2. The lowest BCUT2D eigenvalue weighted by molar-refractivity contribution is 0.482. The third kappa shape index (κ3) is 3.65. The monoisotopic (exact) mass is 257 g/mol. The Morgan fingerprint density at radius 3 is 2.42 bits per heavy atom. The molecule has 0 spiro atoms. The van der Waals surface area contributed by atoms with E-state index in [0.29, 0.717) is 12.0 Å². The molecular formula is C17H20FN. The van der Waals surface area contributed by atoms with Crippen molar-refractivity contribution in [3.8, 4) is 0 Å². The van der Waals surface area contributed by atoms with Gasteiger partial charge < -0.3 is 5.32 Å². The first-order valence-corrected chi connectivity index (χ1v) is 6.67.